The summed E-state index contributed by atoms with van der Waals surface area (Å²) in [6, 6.07) is 11.5. The highest BCUT2D eigenvalue weighted by atomic mass is 19.1. The molecule has 0 aromatic heterocycles. The number of phenolic OH excluding ortho intramolecular Hbond substituents is 1. The van der Waals surface area contributed by atoms with Crippen LogP contribution in [0.25, 0.3) is 5.76 Å². The fourth-order valence-electron chi connectivity index (χ4n) is 3.94. The maximum Gasteiger partial charge on any atom is 0.300 e. The van der Waals surface area contributed by atoms with Crippen LogP contribution in [-0.2, 0) is 9.59 Å². The first-order valence-electron chi connectivity index (χ1n) is 9.93. The van der Waals surface area contributed by atoms with Crippen LogP contribution in [0.15, 0.2) is 66.2 Å². The van der Waals surface area contributed by atoms with E-state index in [-0.39, 0.29) is 22.4 Å². The number of aromatic hydroxyl groups is 1. The lowest BCUT2D eigenvalue weighted by molar-refractivity contribution is -0.132. The molecule has 2 N–H and O–H groups in total. The highest BCUT2D eigenvalue weighted by molar-refractivity contribution is 6.51. The molecule has 1 aliphatic rings. The summed E-state index contributed by atoms with van der Waals surface area (Å²) < 4.78 is 33.8. The Hall–Kier alpha value is -4.20. The van der Waals surface area contributed by atoms with E-state index in [1.807, 2.05) is 0 Å². The predicted octanol–water partition coefficient (Wildman–Crippen LogP) is 4.61. The fraction of sp³-hybridized carbons (Fsp3) is 0.120. The molecule has 3 aromatic carbocycles. The number of benzene rings is 3. The molecule has 1 atom stereocenters. The number of amides is 1. The van der Waals surface area contributed by atoms with Crippen LogP contribution in [0.5, 0.6) is 11.5 Å². The van der Waals surface area contributed by atoms with Crippen molar-refractivity contribution in [2.75, 3.05) is 12.0 Å². The maximum absolute atomic E-state index is 14.7. The molecule has 0 aliphatic carbocycles. The molecule has 1 aliphatic heterocycles. The zero-order valence-corrected chi connectivity index (χ0v) is 17.7. The number of halogens is 2. The number of hydrogen-bond acceptors (Lipinski definition) is 5. The van der Waals surface area contributed by atoms with Crippen molar-refractivity contribution in [1.82, 2.24) is 0 Å². The third-order valence-electron chi connectivity index (χ3n) is 5.47. The topological polar surface area (TPSA) is 87.1 Å². The van der Waals surface area contributed by atoms with Gasteiger partial charge >= 0.3 is 0 Å². The molecule has 168 valence electrons. The van der Waals surface area contributed by atoms with Crippen molar-refractivity contribution in [2.24, 2.45) is 0 Å². The number of phenols is 1. The van der Waals surface area contributed by atoms with Crippen molar-refractivity contribution < 1.29 is 33.3 Å². The Labute approximate surface area is 188 Å². The minimum absolute atomic E-state index is 0.168. The molecular weight excluding hydrogens is 432 g/mol. The second-order valence-corrected chi connectivity index (χ2v) is 7.54. The maximum atomic E-state index is 14.7. The van der Waals surface area contributed by atoms with E-state index in [4.69, 9.17) is 4.74 Å². The van der Waals surface area contributed by atoms with Gasteiger partial charge in [0.2, 0.25) is 0 Å². The van der Waals surface area contributed by atoms with Crippen LogP contribution < -0.4 is 9.64 Å². The third-order valence-corrected chi connectivity index (χ3v) is 5.47. The van der Waals surface area contributed by atoms with E-state index in [0.29, 0.717) is 11.3 Å². The van der Waals surface area contributed by atoms with Crippen LogP contribution in [0.2, 0.25) is 0 Å². The molecule has 6 nitrogen and oxygen atoms in total. The van der Waals surface area contributed by atoms with Crippen molar-refractivity contribution in [3.05, 3.63) is 94.6 Å². The molecule has 33 heavy (non-hydrogen) atoms. The molecule has 4 rings (SSSR count). The zero-order chi connectivity index (χ0) is 23.9. The van der Waals surface area contributed by atoms with Crippen LogP contribution in [0.3, 0.4) is 0 Å². The average molecular weight is 451 g/mol. The lowest BCUT2D eigenvalue weighted by Gasteiger charge is -2.26. The number of ketones is 1. The van der Waals surface area contributed by atoms with E-state index < -0.39 is 40.8 Å². The minimum Gasteiger partial charge on any atom is -0.508 e. The lowest BCUT2D eigenvalue weighted by Crippen LogP contribution is -2.30. The van der Waals surface area contributed by atoms with Gasteiger partial charge in [0.15, 0.2) is 0 Å². The molecule has 1 saturated heterocycles. The number of hydrogen-bond donors (Lipinski definition) is 2. The Bertz CT molecular complexity index is 1320. The van der Waals surface area contributed by atoms with E-state index in [0.717, 1.165) is 23.1 Å². The van der Waals surface area contributed by atoms with E-state index in [1.165, 1.54) is 37.4 Å². The minimum atomic E-state index is -1.31. The molecule has 0 bridgehead atoms. The van der Waals surface area contributed by atoms with E-state index in [2.05, 4.69) is 0 Å². The van der Waals surface area contributed by atoms with Crippen molar-refractivity contribution in [3.8, 4) is 11.5 Å². The highest BCUT2D eigenvalue weighted by Gasteiger charge is 2.48. The molecule has 1 unspecified atom stereocenters. The van der Waals surface area contributed by atoms with Gasteiger partial charge in [-0.05, 0) is 60.5 Å². The van der Waals surface area contributed by atoms with Gasteiger partial charge in [0, 0.05) is 11.6 Å². The number of carbonyl (C=O) groups is 2. The quantitative estimate of drug-likeness (QED) is 0.344. The summed E-state index contributed by atoms with van der Waals surface area (Å²) in [4.78, 5) is 26.9. The number of methoxy groups -OCH3 is 1. The molecular formula is C25H19F2NO5. The van der Waals surface area contributed by atoms with E-state index >= 15 is 0 Å². The standard InChI is InChI=1S/C25H19F2NO5/c1-13-10-15(6-9-20(13)33-2)23(30)21-22(14-4-3-5-17(29)11-14)28(25(32)24(21)31)19-12-16(26)7-8-18(19)27/h3-12,22,29-30H,1-2H3/b23-21+. The van der Waals surface area contributed by atoms with Gasteiger partial charge < -0.3 is 14.9 Å². The lowest BCUT2D eigenvalue weighted by atomic mass is 9.94. The number of Topliss-reactive ketones (excluding diaryl/α,β-unsaturated/α-hetero) is 1. The highest BCUT2D eigenvalue weighted by Crippen LogP contribution is 2.43. The molecule has 0 saturated carbocycles. The summed E-state index contributed by atoms with van der Waals surface area (Å²) in [6.07, 6.45) is 0. The van der Waals surface area contributed by atoms with Gasteiger partial charge in [-0.2, -0.15) is 0 Å². The molecule has 0 radical (unpaired) electrons. The summed E-state index contributed by atoms with van der Waals surface area (Å²) in [5, 5.41) is 21.1. The summed E-state index contributed by atoms with van der Waals surface area (Å²) in [6.45, 7) is 1.74. The molecule has 3 aromatic rings. The Morgan fingerprint density at radius 3 is 2.45 bits per heavy atom. The van der Waals surface area contributed by atoms with Crippen molar-refractivity contribution in [2.45, 2.75) is 13.0 Å². The molecule has 8 heteroatoms. The summed E-state index contributed by atoms with van der Waals surface area (Å²) in [5.41, 5.74) is 0.343. The monoisotopic (exact) mass is 451 g/mol. The fourth-order valence-corrected chi connectivity index (χ4v) is 3.94. The molecule has 0 spiro atoms. The SMILES string of the molecule is COc1ccc(/C(O)=C2\C(=O)C(=O)N(c3cc(F)ccc3F)C2c2cccc(O)c2)cc1C. The molecule has 1 fully saturated rings. The first-order valence-corrected chi connectivity index (χ1v) is 9.93. The van der Waals surface area contributed by atoms with Gasteiger partial charge in [0.25, 0.3) is 11.7 Å². The molecule has 1 amide bonds. The first-order chi connectivity index (χ1) is 15.7. The van der Waals surface area contributed by atoms with Crippen LogP contribution in [0, 0.1) is 18.6 Å². The summed E-state index contributed by atoms with van der Waals surface area (Å²) in [7, 11) is 1.49. The number of aliphatic hydroxyl groups is 1. The zero-order valence-electron chi connectivity index (χ0n) is 17.7. The van der Waals surface area contributed by atoms with Gasteiger partial charge in [-0.15, -0.1) is 0 Å². The second kappa shape index (κ2) is 8.38. The van der Waals surface area contributed by atoms with Crippen LogP contribution in [0.4, 0.5) is 14.5 Å². The first kappa shape index (κ1) is 22.0. The summed E-state index contributed by atoms with van der Waals surface area (Å²) >= 11 is 0. The average Bonchev–Trinajstić information content (AvgIpc) is 3.05. The largest absolute Gasteiger partial charge is 0.508 e. The Kier molecular flexibility index (Phi) is 5.59. The molecule has 1 heterocycles. The second-order valence-electron chi connectivity index (χ2n) is 7.54. The number of carbonyl (C=O) groups excluding carboxylic acids is 2. The van der Waals surface area contributed by atoms with Gasteiger partial charge in [-0.1, -0.05) is 12.1 Å². The predicted molar refractivity (Wildman–Crippen MR) is 117 cm³/mol. The van der Waals surface area contributed by atoms with Gasteiger partial charge in [-0.3, -0.25) is 14.5 Å². The normalized spacial score (nSPS) is 17.5. The van der Waals surface area contributed by atoms with Gasteiger partial charge in [0.1, 0.15) is 28.9 Å². The van der Waals surface area contributed by atoms with E-state index in [9.17, 15) is 28.6 Å². The van der Waals surface area contributed by atoms with Gasteiger partial charge in [0.05, 0.1) is 24.4 Å². The van der Waals surface area contributed by atoms with Crippen LogP contribution in [-0.4, -0.2) is 29.0 Å². The number of rotatable bonds is 4. The number of aryl methyl sites for hydroxylation is 1. The van der Waals surface area contributed by atoms with Crippen LogP contribution >= 0.6 is 0 Å². The van der Waals surface area contributed by atoms with Crippen LogP contribution in [0.1, 0.15) is 22.7 Å². The number of nitrogens with zero attached hydrogens (tertiary/aromatic N) is 1. The smallest absolute Gasteiger partial charge is 0.300 e. The van der Waals surface area contributed by atoms with Crippen molar-refractivity contribution in [1.29, 1.82) is 0 Å². The van der Waals surface area contributed by atoms with Crippen molar-refractivity contribution in [3.63, 3.8) is 0 Å². The Balaban J connectivity index is 1.98. The van der Waals surface area contributed by atoms with Crippen molar-refractivity contribution >= 4 is 23.1 Å². The Morgan fingerprint density at radius 2 is 1.79 bits per heavy atom. The Morgan fingerprint density at radius 1 is 1.03 bits per heavy atom. The van der Waals surface area contributed by atoms with Gasteiger partial charge in [-0.25, -0.2) is 8.78 Å². The summed E-state index contributed by atoms with van der Waals surface area (Å²) in [5.74, 6) is -4.06. The number of anilines is 1. The number of ether oxygens (including phenoxy) is 1. The van der Waals surface area contributed by atoms with E-state index in [1.54, 1.807) is 19.1 Å². The third kappa shape index (κ3) is 3.80. The number of aliphatic hydroxyl groups excluding tert-OH is 1.